The van der Waals surface area contributed by atoms with Crippen molar-refractivity contribution in [2.75, 3.05) is 13.2 Å². The Morgan fingerprint density at radius 3 is 0.772 bits per heavy atom. The molecular formula is C73H114O6. The van der Waals surface area contributed by atoms with Gasteiger partial charge in [-0.15, -0.1) is 0 Å². The maximum absolute atomic E-state index is 12.8. The zero-order valence-corrected chi connectivity index (χ0v) is 50.6. The van der Waals surface area contributed by atoms with Crippen molar-refractivity contribution in [2.24, 2.45) is 0 Å². The quantitative estimate of drug-likeness (QED) is 0.0261. The Bertz CT molecular complexity index is 1820. The highest BCUT2D eigenvalue weighted by Crippen LogP contribution is 2.14. The molecule has 0 spiro atoms. The van der Waals surface area contributed by atoms with E-state index in [9.17, 15) is 14.4 Å². The van der Waals surface area contributed by atoms with Crippen molar-refractivity contribution in [2.45, 2.75) is 258 Å². The lowest BCUT2D eigenvalue weighted by Gasteiger charge is -2.18. The fourth-order valence-corrected chi connectivity index (χ4v) is 8.05. The summed E-state index contributed by atoms with van der Waals surface area (Å²) in [7, 11) is 0. The van der Waals surface area contributed by atoms with Gasteiger partial charge in [0.05, 0.1) is 0 Å². The van der Waals surface area contributed by atoms with E-state index in [-0.39, 0.29) is 31.1 Å². The van der Waals surface area contributed by atoms with Gasteiger partial charge in [0.25, 0.3) is 0 Å². The first-order chi connectivity index (χ1) is 39.0. The van der Waals surface area contributed by atoms with Crippen LogP contribution in [-0.4, -0.2) is 37.2 Å². The predicted molar refractivity (Wildman–Crippen MR) is 343 cm³/mol. The van der Waals surface area contributed by atoms with E-state index in [0.29, 0.717) is 19.3 Å². The molecule has 0 rings (SSSR count). The van der Waals surface area contributed by atoms with E-state index in [1.165, 1.54) is 25.7 Å². The van der Waals surface area contributed by atoms with Gasteiger partial charge in [0.2, 0.25) is 0 Å². The van der Waals surface area contributed by atoms with Crippen LogP contribution in [0.2, 0.25) is 0 Å². The highest BCUT2D eigenvalue weighted by Gasteiger charge is 2.19. The minimum atomic E-state index is -0.798. The van der Waals surface area contributed by atoms with Crippen LogP contribution in [0.3, 0.4) is 0 Å². The van der Waals surface area contributed by atoms with E-state index in [2.05, 4.69) is 191 Å². The van der Waals surface area contributed by atoms with Crippen molar-refractivity contribution in [1.82, 2.24) is 0 Å². The van der Waals surface area contributed by atoms with Crippen LogP contribution in [0.4, 0.5) is 0 Å². The maximum Gasteiger partial charge on any atom is 0.306 e. The lowest BCUT2D eigenvalue weighted by atomic mass is 10.1. The molecule has 0 heterocycles. The van der Waals surface area contributed by atoms with Gasteiger partial charge in [0.15, 0.2) is 6.10 Å². The SMILES string of the molecule is CC/C=C\C/C=C\C/C=C\C/C=C\C/C=C\C/C=C\C/C=C\C/C=C\C/C=C\CCCCCCCCCC(=O)OCC(COC(=O)CCCCCCC)OC(=O)CCCCCCC/C=C\C/C=C\C/C=C\C/C=C\C/C=C\CC. The van der Waals surface area contributed by atoms with Gasteiger partial charge in [-0.05, 0) is 135 Å². The molecular weight excluding hydrogens is 973 g/mol. The third-order valence-electron chi connectivity index (χ3n) is 12.7. The molecule has 0 aromatic carbocycles. The highest BCUT2D eigenvalue weighted by atomic mass is 16.6. The number of allylic oxidation sites excluding steroid dienone is 28. The van der Waals surface area contributed by atoms with Gasteiger partial charge in [-0.1, -0.05) is 268 Å². The molecule has 0 aliphatic carbocycles. The Morgan fingerprint density at radius 2 is 0.494 bits per heavy atom. The minimum Gasteiger partial charge on any atom is -0.462 e. The van der Waals surface area contributed by atoms with E-state index in [0.717, 1.165) is 186 Å². The van der Waals surface area contributed by atoms with E-state index >= 15 is 0 Å². The van der Waals surface area contributed by atoms with Gasteiger partial charge in [0, 0.05) is 19.3 Å². The average Bonchev–Trinajstić information content (AvgIpc) is 3.45. The fraction of sp³-hybridized carbons (Fsp3) is 0.575. The maximum atomic E-state index is 12.8. The molecule has 442 valence electrons. The van der Waals surface area contributed by atoms with Crippen LogP contribution in [0.1, 0.15) is 252 Å². The topological polar surface area (TPSA) is 78.9 Å². The number of unbranched alkanes of at least 4 members (excludes halogenated alkanes) is 16. The summed E-state index contributed by atoms with van der Waals surface area (Å²) < 4.78 is 16.7. The third-order valence-corrected chi connectivity index (χ3v) is 12.7. The zero-order chi connectivity index (χ0) is 57.1. The molecule has 1 unspecified atom stereocenters. The molecule has 0 aliphatic rings. The van der Waals surface area contributed by atoms with Gasteiger partial charge in [-0.25, -0.2) is 0 Å². The zero-order valence-electron chi connectivity index (χ0n) is 50.6. The number of carbonyl (C=O) groups is 3. The molecule has 0 amide bonds. The second-order valence-electron chi connectivity index (χ2n) is 20.2. The molecule has 79 heavy (non-hydrogen) atoms. The van der Waals surface area contributed by atoms with Crippen LogP contribution in [0.5, 0.6) is 0 Å². The van der Waals surface area contributed by atoms with E-state index in [1.54, 1.807) is 0 Å². The van der Waals surface area contributed by atoms with Crippen LogP contribution in [-0.2, 0) is 28.6 Å². The van der Waals surface area contributed by atoms with E-state index in [1.807, 2.05) is 0 Å². The number of hydrogen-bond donors (Lipinski definition) is 0. The number of ether oxygens (including phenoxy) is 3. The molecule has 6 nitrogen and oxygen atoms in total. The summed E-state index contributed by atoms with van der Waals surface area (Å²) in [6, 6.07) is 0. The van der Waals surface area contributed by atoms with Crippen LogP contribution in [0.15, 0.2) is 170 Å². The van der Waals surface area contributed by atoms with Crippen LogP contribution in [0.25, 0.3) is 0 Å². The molecule has 0 aromatic heterocycles. The first-order valence-corrected chi connectivity index (χ1v) is 31.6. The molecule has 6 heteroatoms. The summed E-state index contributed by atoms with van der Waals surface area (Å²) in [5, 5.41) is 0. The molecule has 0 bridgehead atoms. The Balaban J connectivity index is 4.14. The largest absolute Gasteiger partial charge is 0.462 e. The molecule has 0 saturated carbocycles. The van der Waals surface area contributed by atoms with Crippen molar-refractivity contribution in [1.29, 1.82) is 0 Å². The highest BCUT2D eigenvalue weighted by molar-refractivity contribution is 5.71. The summed E-state index contributed by atoms with van der Waals surface area (Å²) in [6.07, 6.45) is 96.9. The van der Waals surface area contributed by atoms with Crippen molar-refractivity contribution in [3.05, 3.63) is 170 Å². The molecule has 0 aliphatic heterocycles. The third kappa shape index (κ3) is 63.5. The summed E-state index contributed by atoms with van der Waals surface area (Å²) >= 11 is 0. The molecule has 1 atom stereocenters. The smallest absolute Gasteiger partial charge is 0.306 e. The van der Waals surface area contributed by atoms with E-state index in [4.69, 9.17) is 14.2 Å². The number of esters is 3. The van der Waals surface area contributed by atoms with Crippen LogP contribution >= 0.6 is 0 Å². The lowest BCUT2D eigenvalue weighted by molar-refractivity contribution is -0.167. The summed E-state index contributed by atoms with van der Waals surface area (Å²) in [6.45, 7) is 6.29. The summed E-state index contributed by atoms with van der Waals surface area (Å²) in [4.78, 5) is 37.9. The number of carbonyl (C=O) groups excluding carboxylic acids is 3. The molecule has 0 aromatic rings. The van der Waals surface area contributed by atoms with Crippen molar-refractivity contribution in [3.63, 3.8) is 0 Å². The first kappa shape index (κ1) is 73.8. The van der Waals surface area contributed by atoms with Crippen molar-refractivity contribution >= 4 is 17.9 Å². The second-order valence-corrected chi connectivity index (χ2v) is 20.2. The van der Waals surface area contributed by atoms with Crippen LogP contribution in [0, 0.1) is 0 Å². The number of rotatable bonds is 55. The standard InChI is InChI=1S/C73H114O6/c1-4-7-10-13-15-17-19-21-23-25-27-29-30-31-32-33-34-35-36-37-38-39-40-41-42-44-45-47-49-51-53-55-57-60-63-66-72(75)78-69-70(68-77-71(74)65-62-59-12-9-6-3)79-73(76)67-64-61-58-56-54-52-50-48-46-43-28-26-24-22-20-18-16-14-11-8-5-2/h7-8,10-11,15-18,21-24,27-29,31-32,34-35,37-38,40-41,43-45,48,50,70H,4-6,9,12-14,19-20,25-26,30,33,36,39,42,46-47,49,51-69H2,1-3H3/b10-7-,11-8-,17-15-,18-16-,23-21-,24-22-,29-27-,32-31-,35-34-,38-37-,41-40-,43-28-,45-44-,50-48-. The average molecular weight is 1090 g/mol. The van der Waals surface area contributed by atoms with Gasteiger partial charge in [0.1, 0.15) is 13.2 Å². The van der Waals surface area contributed by atoms with Crippen molar-refractivity contribution in [3.8, 4) is 0 Å². The molecule has 0 radical (unpaired) electrons. The Labute approximate surface area is 485 Å². The van der Waals surface area contributed by atoms with Gasteiger partial charge in [-0.2, -0.15) is 0 Å². The Kier molecular flexibility index (Phi) is 61.0. The monoisotopic (exact) mass is 1090 g/mol. The summed E-state index contributed by atoms with van der Waals surface area (Å²) in [5.41, 5.74) is 0. The lowest BCUT2D eigenvalue weighted by Crippen LogP contribution is -2.30. The summed E-state index contributed by atoms with van der Waals surface area (Å²) in [5.74, 6) is -0.948. The molecule has 0 fully saturated rings. The molecule has 0 N–H and O–H groups in total. The van der Waals surface area contributed by atoms with Crippen LogP contribution < -0.4 is 0 Å². The second kappa shape index (κ2) is 65.3. The van der Waals surface area contributed by atoms with E-state index < -0.39 is 6.10 Å². The predicted octanol–water partition coefficient (Wildman–Crippen LogP) is 21.9. The Hall–Kier alpha value is -5.23. The van der Waals surface area contributed by atoms with Gasteiger partial charge < -0.3 is 14.2 Å². The first-order valence-electron chi connectivity index (χ1n) is 31.6. The Morgan fingerprint density at radius 1 is 0.266 bits per heavy atom. The number of hydrogen-bond acceptors (Lipinski definition) is 6. The molecule has 0 saturated heterocycles. The van der Waals surface area contributed by atoms with Crippen molar-refractivity contribution < 1.29 is 28.6 Å². The minimum absolute atomic E-state index is 0.0966. The van der Waals surface area contributed by atoms with Gasteiger partial charge >= 0.3 is 17.9 Å². The fourth-order valence-electron chi connectivity index (χ4n) is 8.05. The normalized spacial score (nSPS) is 13.3. The van der Waals surface area contributed by atoms with Gasteiger partial charge in [-0.3, -0.25) is 14.4 Å².